The summed E-state index contributed by atoms with van der Waals surface area (Å²) >= 11 is 0. The average Bonchev–Trinajstić information content (AvgIpc) is 3.30. The monoisotopic (exact) mass is 496 g/mol. The molecule has 186 valence electrons. The maximum Gasteiger partial charge on any atom is 0.279 e. The van der Waals surface area contributed by atoms with Gasteiger partial charge < -0.3 is 20.7 Å². The van der Waals surface area contributed by atoms with Crippen LogP contribution in [0.5, 0.6) is 0 Å². The first-order valence-electron chi connectivity index (χ1n) is 12.2. The van der Waals surface area contributed by atoms with E-state index in [1.165, 1.54) is 10.8 Å². The quantitative estimate of drug-likeness (QED) is 0.261. The van der Waals surface area contributed by atoms with E-state index in [2.05, 4.69) is 31.0 Å². The predicted molar refractivity (Wildman–Crippen MR) is 149 cm³/mol. The molecule has 1 aliphatic rings. The summed E-state index contributed by atoms with van der Waals surface area (Å²) in [4.78, 5) is 35.2. The summed E-state index contributed by atoms with van der Waals surface area (Å²) in [7, 11) is 7.76. The number of amides is 1. The summed E-state index contributed by atoms with van der Waals surface area (Å²) in [5, 5.41) is 13.3. The number of rotatable bonds is 8. The Hall–Kier alpha value is -4.06. The summed E-state index contributed by atoms with van der Waals surface area (Å²) in [5.41, 5.74) is 0.727. The van der Waals surface area contributed by atoms with Gasteiger partial charge in [0.15, 0.2) is 5.65 Å². The second-order valence-electron chi connectivity index (χ2n) is 9.91. The summed E-state index contributed by atoms with van der Waals surface area (Å²) in [5.74, 6) is 1.23. The van der Waals surface area contributed by atoms with Crippen LogP contribution in [0.3, 0.4) is 0 Å². The third-order valence-electron chi connectivity index (χ3n) is 6.11. The molecule has 0 bridgehead atoms. The van der Waals surface area contributed by atoms with E-state index in [0.29, 0.717) is 34.4 Å². The summed E-state index contributed by atoms with van der Waals surface area (Å²) in [6.07, 6.45) is 6.51. The lowest BCUT2D eigenvalue weighted by molar-refractivity contribution is -0.0298. The number of anilines is 3. The molecule has 5 rings (SSSR count). The van der Waals surface area contributed by atoms with Crippen LogP contribution in [0.25, 0.3) is 11.5 Å². The number of pyridine rings is 2. The van der Waals surface area contributed by atoms with Crippen molar-refractivity contribution in [3.63, 3.8) is 0 Å². The van der Waals surface area contributed by atoms with Gasteiger partial charge in [0.1, 0.15) is 52.2 Å². The molecule has 0 radical (unpaired) electrons. The van der Waals surface area contributed by atoms with E-state index in [4.69, 9.17) is 4.74 Å². The largest absolute Gasteiger partial charge is 0.395 e. The average molecular weight is 496 g/mol. The van der Waals surface area contributed by atoms with Crippen LogP contribution >= 0.6 is 0 Å². The minimum Gasteiger partial charge on any atom is -0.395 e. The van der Waals surface area contributed by atoms with Crippen LogP contribution in [0.2, 0.25) is 0 Å². The van der Waals surface area contributed by atoms with Gasteiger partial charge in [-0.1, -0.05) is 6.07 Å². The van der Waals surface area contributed by atoms with Crippen LogP contribution < -0.4 is 21.5 Å². The molecule has 4 heterocycles. The van der Waals surface area contributed by atoms with E-state index >= 15 is 0 Å². The molecule has 0 spiro atoms. The summed E-state index contributed by atoms with van der Waals surface area (Å²) < 4.78 is 9.07. The molecule has 3 N–H and O–H groups in total. The fraction of sp³-hybridized carbons (Fsp3) is 0.261. The number of carbonyl (C=O) groups excluding carboxylic acids is 1. The molecule has 0 saturated heterocycles. The molecule has 4 aromatic rings. The second kappa shape index (κ2) is 9.77. The third-order valence-corrected chi connectivity index (χ3v) is 6.11. The lowest BCUT2D eigenvalue weighted by atomic mass is 9.52. The zero-order valence-electron chi connectivity index (χ0n) is 21.2. The van der Waals surface area contributed by atoms with Crippen molar-refractivity contribution in [1.82, 2.24) is 29.5 Å². The third kappa shape index (κ3) is 5.10. The number of nitrogens with one attached hydrogen (secondary N) is 3. The molecule has 4 aromatic heterocycles. The minimum atomic E-state index is -0.283. The predicted octanol–water partition coefficient (Wildman–Crippen LogP) is -1.15. The minimum absolute atomic E-state index is 0.0248. The van der Waals surface area contributed by atoms with Crippen molar-refractivity contribution in [3.05, 3.63) is 70.9 Å². The van der Waals surface area contributed by atoms with E-state index in [1.54, 1.807) is 54.3 Å². The van der Waals surface area contributed by atoms with E-state index in [0.717, 1.165) is 12.8 Å². The number of carbonyl (C=O) groups is 1. The van der Waals surface area contributed by atoms with Gasteiger partial charge in [0.2, 0.25) is 0 Å². The molecule has 11 nitrogen and oxygen atoms in total. The lowest BCUT2D eigenvalue weighted by Gasteiger charge is -2.41. The van der Waals surface area contributed by atoms with Crippen molar-refractivity contribution >= 4 is 52.4 Å². The highest BCUT2D eigenvalue weighted by atomic mass is 16.5. The normalized spacial score (nSPS) is 17.2. The van der Waals surface area contributed by atoms with Crippen LogP contribution in [-0.4, -0.2) is 78.1 Å². The van der Waals surface area contributed by atoms with Crippen LogP contribution in [0.15, 0.2) is 59.8 Å². The number of ether oxygens (including phenoxy) is 1. The Morgan fingerprint density at radius 1 is 1.19 bits per heavy atom. The number of aromatic nitrogens is 5. The molecule has 1 amide bonds. The highest BCUT2D eigenvalue weighted by Crippen LogP contribution is 2.27. The molecule has 0 aromatic carbocycles. The van der Waals surface area contributed by atoms with Crippen molar-refractivity contribution < 1.29 is 9.53 Å². The fourth-order valence-electron chi connectivity index (χ4n) is 4.24. The van der Waals surface area contributed by atoms with E-state index in [-0.39, 0.29) is 28.9 Å². The highest BCUT2D eigenvalue weighted by Gasteiger charge is 2.36. The Morgan fingerprint density at radius 3 is 2.70 bits per heavy atom. The zero-order valence-corrected chi connectivity index (χ0v) is 21.2. The molecule has 0 unspecified atom stereocenters. The van der Waals surface area contributed by atoms with Gasteiger partial charge in [0, 0.05) is 25.5 Å². The molecule has 0 aliphatic heterocycles. The Kier molecular flexibility index (Phi) is 6.51. The first-order chi connectivity index (χ1) is 17.7. The first kappa shape index (κ1) is 24.6. The number of nitrogens with zero attached hydrogens (tertiary/aromatic N) is 5. The SMILES string of the molecule is BC(B)(B)O[C@H]1CC[C@@H]1NC(=O)c1cnn2c(NC)cc(Nc3cccn(-c4ccccn4)c3=O)nc12. The van der Waals surface area contributed by atoms with E-state index < -0.39 is 0 Å². The molecule has 2 atom stereocenters. The van der Waals surface area contributed by atoms with Crippen molar-refractivity contribution in [3.8, 4) is 5.82 Å². The van der Waals surface area contributed by atoms with Gasteiger partial charge in [-0.15, -0.1) is 0 Å². The van der Waals surface area contributed by atoms with Crippen LogP contribution in [0.4, 0.5) is 17.3 Å². The van der Waals surface area contributed by atoms with Crippen LogP contribution in [-0.2, 0) is 4.74 Å². The van der Waals surface area contributed by atoms with Gasteiger partial charge >= 0.3 is 0 Å². The van der Waals surface area contributed by atoms with Crippen molar-refractivity contribution in [2.24, 2.45) is 0 Å². The van der Waals surface area contributed by atoms with E-state index in [1.807, 2.05) is 29.6 Å². The summed E-state index contributed by atoms with van der Waals surface area (Å²) in [6.45, 7) is 0. The molecular formula is C23H27B3N8O3. The van der Waals surface area contributed by atoms with Crippen molar-refractivity contribution in [2.45, 2.75) is 30.3 Å². The molecule has 1 saturated carbocycles. The highest BCUT2D eigenvalue weighted by molar-refractivity contribution is 6.58. The van der Waals surface area contributed by atoms with Gasteiger partial charge in [-0.05, 0) is 42.4 Å². The van der Waals surface area contributed by atoms with Gasteiger partial charge in [0.25, 0.3) is 11.5 Å². The standard InChI is InChI=1S/C23H27B3N8O3/c1-27-19-11-17(30-15-5-4-10-33(22(15)36)18-6-2-3-9-28-18)32-20-13(12-29-34(19)20)21(35)31-14-7-8-16(14)37-23(24,25)26/h2-6,9-12,14,16,27H,7-8,24-26H2,1H3,(H,30,32)(H,31,35)/t14-,16-/m0/s1. The smallest absolute Gasteiger partial charge is 0.279 e. The topological polar surface area (TPSA) is 127 Å². The van der Waals surface area contributed by atoms with Gasteiger partial charge in [-0.25, -0.2) is 9.97 Å². The van der Waals surface area contributed by atoms with E-state index in [9.17, 15) is 9.59 Å². The molecular weight excluding hydrogens is 469 g/mol. The lowest BCUT2D eigenvalue weighted by Crippen LogP contribution is -2.55. The Balaban J connectivity index is 1.43. The Labute approximate surface area is 216 Å². The molecule has 1 aliphatic carbocycles. The van der Waals surface area contributed by atoms with Gasteiger partial charge in [0.05, 0.1) is 18.3 Å². The van der Waals surface area contributed by atoms with Gasteiger partial charge in [-0.3, -0.25) is 14.2 Å². The maximum atomic E-state index is 13.2. The molecule has 1 fully saturated rings. The van der Waals surface area contributed by atoms with Gasteiger partial charge in [-0.2, -0.15) is 9.61 Å². The van der Waals surface area contributed by atoms with Crippen LogP contribution in [0.1, 0.15) is 23.2 Å². The maximum absolute atomic E-state index is 13.2. The number of fused-ring (bicyclic) bond motifs is 1. The number of hydrogen-bond donors (Lipinski definition) is 3. The number of hydrogen-bond acceptors (Lipinski definition) is 8. The second-order valence-corrected chi connectivity index (χ2v) is 9.91. The molecule has 37 heavy (non-hydrogen) atoms. The fourth-order valence-corrected chi connectivity index (χ4v) is 4.24. The van der Waals surface area contributed by atoms with Crippen molar-refractivity contribution in [1.29, 1.82) is 0 Å². The Bertz CT molecular complexity index is 1500. The molecule has 14 heteroatoms. The zero-order chi connectivity index (χ0) is 26.2. The Morgan fingerprint density at radius 2 is 2.03 bits per heavy atom. The van der Waals surface area contributed by atoms with Crippen LogP contribution in [0, 0.1) is 0 Å². The summed E-state index contributed by atoms with van der Waals surface area (Å²) in [6, 6.07) is 10.4. The first-order valence-corrected chi connectivity index (χ1v) is 12.2. The van der Waals surface area contributed by atoms with Crippen molar-refractivity contribution in [2.75, 3.05) is 17.7 Å².